The van der Waals surface area contributed by atoms with Crippen molar-refractivity contribution in [3.8, 4) is 0 Å². The van der Waals surface area contributed by atoms with Gasteiger partial charge in [0.1, 0.15) is 0 Å². The molecule has 1 aliphatic heterocycles. The minimum absolute atomic E-state index is 0.0181. The summed E-state index contributed by atoms with van der Waals surface area (Å²) in [5, 5.41) is 3.43. The predicted molar refractivity (Wildman–Crippen MR) is 141 cm³/mol. The molecule has 0 spiro atoms. The number of benzene rings is 1. The van der Waals surface area contributed by atoms with Gasteiger partial charge in [-0.05, 0) is 83.6 Å². The van der Waals surface area contributed by atoms with E-state index in [0.29, 0.717) is 11.8 Å². The van der Waals surface area contributed by atoms with Crippen LogP contribution in [-0.2, 0) is 18.4 Å². The third-order valence-corrected chi connectivity index (χ3v) is 9.24. The predicted octanol–water partition coefficient (Wildman–Crippen LogP) is 7.75. The lowest BCUT2D eigenvalue weighted by Gasteiger charge is -2.52. The van der Waals surface area contributed by atoms with E-state index < -0.39 is 11.5 Å². The Morgan fingerprint density at radius 2 is 1.83 bits per heavy atom. The van der Waals surface area contributed by atoms with Crippen LogP contribution < -0.4 is 5.32 Å². The zero-order valence-corrected chi connectivity index (χ0v) is 22.8. The fourth-order valence-corrected chi connectivity index (χ4v) is 7.13. The van der Waals surface area contributed by atoms with Crippen molar-refractivity contribution in [2.75, 3.05) is 0 Å². The lowest BCUT2D eigenvalue weighted by Crippen LogP contribution is -2.62. The molecule has 36 heavy (non-hydrogen) atoms. The first-order valence-corrected chi connectivity index (χ1v) is 14.0. The molecule has 0 saturated heterocycles. The number of rotatable bonds is 8. The molecular weight excluding hydrogens is 454 g/mol. The van der Waals surface area contributed by atoms with Crippen LogP contribution in [0.15, 0.2) is 41.6 Å². The van der Waals surface area contributed by atoms with Crippen LogP contribution in [0, 0.1) is 23.7 Å². The number of amides is 2. The number of carbonyl (C=O) groups excluding carboxylic acids is 1. The van der Waals surface area contributed by atoms with Crippen LogP contribution in [0.1, 0.15) is 90.3 Å². The molecule has 2 saturated carbocycles. The average molecular weight is 497 g/mol. The number of allylic oxidation sites excluding steroid dienone is 1. The number of carbonyl (C=O) groups is 1. The maximum absolute atomic E-state index is 14.2. The minimum atomic E-state index is -2.62. The van der Waals surface area contributed by atoms with E-state index >= 15 is 0 Å². The molecular formula is C31H42F2N2O. The summed E-state index contributed by atoms with van der Waals surface area (Å²) in [6.45, 7) is 13.1. The standard InChI is InChI=1S/C31H42F2N2O/c1-7-22-13-25(11-10-23(22)9-8-19(2)3)31(20(4)5)27(24-15-30(32,33)16-24)18-35(28(36)34-31)29-14-21(6)12-26(29)17-29/h10-13,18-21,24H,7-9,14-17H2,1-6H3,(H,34,36)/t21?,29?,31-/m0/s1. The Hall–Kier alpha value is -2.17. The van der Waals surface area contributed by atoms with Gasteiger partial charge in [0.2, 0.25) is 5.92 Å². The summed E-state index contributed by atoms with van der Waals surface area (Å²) in [7, 11) is 0. The highest BCUT2D eigenvalue weighted by molar-refractivity contribution is 5.82. The van der Waals surface area contributed by atoms with Crippen LogP contribution >= 0.6 is 0 Å². The summed E-state index contributed by atoms with van der Waals surface area (Å²) >= 11 is 0. The second kappa shape index (κ2) is 8.70. The first kappa shape index (κ1) is 25.5. The highest BCUT2D eigenvalue weighted by Crippen LogP contribution is 2.60. The van der Waals surface area contributed by atoms with Crippen molar-refractivity contribution in [2.24, 2.45) is 23.7 Å². The molecule has 1 aromatic carbocycles. The van der Waals surface area contributed by atoms with Gasteiger partial charge in [-0.25, -0.2) is 13.6 Å². The average Bonchev–Trinajstić information content (AvgIpc) is 3.36. The summed E-state index contributed by atoms with van der Waals surface area (Å²) < 4.78 is 28.4. The lowest BCUT2D eigenvalue weighted by atomic mass is 9.63. The second-order valence-corrected chi connectivity index (χ2v) is 12.7. The normalized spacial score (nSPS) is 31.2. The Morgan fingerprint density at radius 3 is 2.39 bits per heavy atom. The van der Waals surface area contributed by atoms with E-state index in [2.05, 4.69) is 71.1 Å². The number of nitrogens with one attached hydrogen (secondary N) is 1. The number of alkyl halides is 2. The summed E-state index contributed by atoms with van der Waals surface area (Å²) in [6, 6.07) is 6.51. The molecule has 2 fully saturated rings. The highest BCUT2D eigenvalue weighted by Gasteiger charge is 2.62. The number of nitrogens with zero attached hydrogens (tertiary/aromatic N) is 1. The van der Waals surface area contributed by atoms with E-state index in [-0.39, 0.29) is 36.2 Å². The van der Waals surface area contributed by atoms with Gasteiger partial charge in [-0.15, -0.1) is 0 Å². The SMILES string of the molecule is CCc1cc([C@]2(C(C)C)NC(=O)N(C34CC3=CC(C)C4)C=C2C2CC(F)(F)C2)ccc1CCC(C)C. The van der Waals surface area contributed by atoms with Crippen LogP contribution in [0.4, 0.5) is 13.6 Å². The van der Waals surface area contributed by atoms with Crippen LogP contribution in [0.5, 0.6) is 0 Å². The molecule has 1 aromatic rings. The Morgan fingerprint density at radius 1 is 1.11 bits per heavy atom. The Balaban J connectivity index is 1.59. The smallest absolute Gasteiger partial charge is 0.323 e. The van der Waals surface area contributed by atoms with Gasteiger partial charge in [-0.1, -0.05) is 65.8 Å². The van der Waals surface area contributed by atoms with Gasteiger partial charge in [0.15, 0.2) is 0 Å². The third kappa shape index (κ3) is 4.01. The molecule has 0 radical (unpaired) electrons. The summed E-state index contributed by atoms with van der Waals surface area (Å²) in [5.41, 5.74) is 4.92. The van der Waals surface area contributed by atoms with E-state index in [1.54, 1.807) is 0 Å². The van der Waals surface area contributed by atoms with Crippen LogP contribution in [0.25, 0.3) is 0 Å². The maximum Gasteiger partial charge on any atom is 0.323 e. The quantitative estimate of drug-likeness (QED) is 0.367. The second-order valence-electron chi connectivity index (χ2n) is 12.7. The van der Waals surface area contributed by atoms with Gasteiger partial charge in [0.05, 0.1) is 11.1 Å². The monoisotopic (exact) mass is 496 g/mol. The van der Waals surface area contributed by atoms with Crippen molar-refractivity contribution < 1.29 is 13.6 Å². The summed E-state index contributed by atoms with van der Waals surface area (Å²) in [5.74, 6) is -1.77. The Bertz CT molecular complexity index is 1110. The lowest BCUT2D eigenvalue weighted by molar-refractivity contribution is -0.104. The Kier molecular flexibility index (Phi) is 6.16. The van der Waals surface area contributed by atoms with Crippen LogP contribution in [0.3, 0.4) is 0 Å². The van der Waals surface area contributed by atoms with Crippen molar-refractivity contribution in [3.63, 3.8) is 0 Å². The van der Waals surface area contributed by atoms with E-state index in [9.17, 15) is 13.6 Å². The molecule has 196 valence electrons. The van der Waals surface area contributed by atoms with E-state index in [1.165, 1.54) is 16.7 Å². The maximum atomic E-state index is 14.2. The molecule has 2 amide bonds. The molecule has 2 unspecified atom stereocenters. The summed E-state index contributed by atoms with van der Waals surface area (Å²) in [6.07, 6.45) is 8.88. The molecule has 3 atom stereocenters. The molecule has 1 heterocycles. The fraction of sp³-hybridized carbons (Fsp3) is 0.645. The molecule has 4 aliphatic rings. The van der Waals surface area contributed by atoms with Crippen molar-refractivity contribution >= 4 is 6.03 Å². The topological polar surface area (TPSA) is 32.3 Å². The van der Waals surface area contributed by atoms with E-state index in [4.69, 9.17) is 0 Å². The zero-order chi connectivity index (χ0) is 26.0. The van der Waals surface area contributed by atoms with Crippen molar-refractivity contribution in [2.45, 2.75) is 103 Å². The van der Waals surface area contributed by atoms with Crippen molar-refractivity contribution in [1.82, 2.24) is 10.2 Å². The number of hydrogen-bond acceptors (Lipinski definition) is 1. The van der Waals surface area contributed by atoms with Crippen molar-refractivity contribution in [3.05, 3.63) is 58.3 Å². The molecule has 3 aliphatic carbocycles. The van der Waals surface area contributed by atoms with Gasteiger partial charge >= 0.3 is 6.03 Å². The van der Waals surface area contributed by atoms with E-state index in [0.717, 1.165) is 43.2 Å². The molecule has 5 heteroatoms. The number of urea groups is 1. The van der Waals surface area contributed by atoms with Gasteiger partial charge in [0.25, 0.3) is 0 Å². The number of halogens is 2. The first-order valence-electron chi connectivity index (χ1n) is 14.0. The van der Waals surface area contributed by atoms with E-state index in [1.807, 2.05) is 11.1 Å². The van der Waals surface area contributed by atoms with Crippen molar-refractivity contribution in [1.29, 1.82) is 0 Å². The zero-order valence-electron chi connectivity index (χ0n) is 22.8. The largest absolute Gasteiger partial charge is 0.324 e. The molecule has 5 rings (SSSR count). The fourth-order valence-electron chi connectivity index (χ4n) is 7.13. The number of fused-ring (bicyclic) bond motifs is 1. The van der Waals surface area contributed by atoms with Gasteiger partial charge in [-0.2, -0.15) is 0 Å². The molecule has 3 nitrogen and oxygen atoms in total. The van der Waals surface area contributed by atoms with Crippen LogP contribution in [0.2, 0.25) is 0 Å². The molecule has 1 N–H and O–H groups in total. The molecule has 0 aromatic heterocycles. The summed E-state index contributed by atoms with van der Waals surface area (Å²) in [4.78, 5) is 15.7. The first-order chi connectivity index (χ1) is 16.9. The third-order valence-electron chi connectivity index (χ3n) is 9.24. The Labute approximate surface area is 215 Å². The van der Waals surface area contributed by atoms with Gasteiger partial charge in [-0.3, -0.25) is 4.90 Å². The molecule has 0 bridgehead atoms. The number of hydrogen-bond donors (Lipinski definition) is 1. The van der Waals surface area contributed by atoms with Gasteiger partial charge in [0, 0.05) is 19.0 Å². The minimum Gasteiger partial charge on any atom is -0.324 e. The number of aryl methyl sites for hydroxylation is 2. The highest BCUT2D eigenvalue weighted by atomic mass is 19.3. The van der Waals surface area contributed by atoms with Gasteiger partial charge < -0.3 is 5.32 Å². The van der Waals surface area contributed by atoms with Crippen LogP contribution in [-0.4, -0.2) is 22.4 Å².